The highest BCUT2D eigenvalue weighted by Crippen LogP contribution is 2.28. The van der Waals surface area contributed by atoms with E-state index in [9.17, 15) is 0 Å². The van der Waals surface area contributed by atoms with E-state index in [1.54, 1.807) is 4.68 Å². The molecule has 0 aliphatic rings. The van der Waals surface area contributed by atoms with E-state index in [1.807, 2.05) is 25.4 Å². The lowest BCUT2D eigenvalue weighted by Gasteiger charge is -2.16. The molecule has 4 nitrogen and oxygen atoms in total. The molecule has 90 valence electrons. The molecule has 0 saturated carbocycles. The summed E-state index contributed by atoms with van der Waals surface area (Å²) in [4.78, 5) is 0. The van der Waals surface area contributed by atoms with Crippen LogP contribution in [0.25, 0.3) is 0 Å². The van der Waals surface area contributed by atoms with Gasteiger partial charge in [-0.2, -0.15) is 5.10 Å². The third-order valence-corrected chi connectivity index (χ3v) is 3.38. The summed E-state index contributed by atoms with van der Waals surface area (Å²) in [5.74, 6) is 5.64. The van der Waals surface area contributed by atoms with Crippen molar-refractivity contribution in [2.45, 2.75) is 13.0 Å². The Hall–Kier alpha value is -1.17. The molecule has 17 heavy (non-hydrogen) atoms. The molecule has 0 aliphatic carbocycles. The molecule has 2 aromatic rings. The molecule has 0 saturated heterocycles. The van der Waals surface area contributed by atoms with E-state index >= 15 is 0 Å². The van der Waals surface area contributed by atoms with Crippen LogP contribution in [0.3, 0.4) is 0 Å². The molecule has 0 aliphatic heterocycles. The number of benzene rings is 1. The van der Waals surface area contributed by atoms with Crippen molar-refractivity contribution in [3.8, 4) is 0 Å². The average molecular weight is 295 g/mol. The molecule has 0 spiro atoms. The summed E-state index contributed by atoms with van der Waals surface area (Å²) >= 11 is 3.55. The van der Waals surface area contributed by atoms with Gasteiger partial charge in [0.15, 0.2) is 0 Å². The second-order valence-corrected chi connectivity index (χ2v) is 4.89. The third-order valence-electron chi connectivity index (χ3n) is 2.66. The van der Waals surface area contributed by atoms with Crippen LogP contribution in [0.2, 0.25) is 0 Å². The molecule has 1 atom stereocenters. The minimum atomic E-state index is -0.106. The number of hydrazine groups is 1. The second-order valence-electron chi connectivity index (χ2n) is 4.04. The smallest absolute Gasteiger partial charge is 0.0910 e. The maximum Gasteiger partial charge on any atom is 0.0910 e. The van der Waals surface area contributed by atoms with E-state index < -0.39 is 0 Å². The number of nitrogens with one attached hydrogen (secondary N) is 1. The summed E-state index contributed by atoms with van der Waals surface area (Å²) in [5, 5.41) is 4.38. The van der Waals surface area contributed by atoms with Crippen molar-refractivity contribution >= 4 is 15.9 Å². The zero-order chi connectivity index (χ0) is 12.4. The van der Waals surface area contributed by atoms with Gasteiger partial charge in [0.2, 0.25) is 0 Å². The molecule has 1 heterocycles. The zero-order valence-electron chi connectivity index (χ0n) is 9.81. The number of halogens is 1. The summed E-state index contributed by atoms with van der Waals surface area (Å²) in [6.07, 6.45) is 1.91. The number of nitrogens with zero attached hydrogens (tertiary/aromatic N) is 2. The van der Waals surface area contributed by atoms with Crippen LogP contribution in [-0.4, -0.2) is 9.78 Å². The Morgan fingerprint density at radius 2 is 2.18 bits per heavy atom. The first-order valence-corrected chi connectivity index (χ1v) is 6.13. The molecule has 3 N–H and O–H groups in total. The predicted molar refractivity (Wildman–Crippen MR) is 71.3 cm³/mol. The van der Waals surface area contributed by atoms with Gasteiger partial charge in [0.05, 0.1) is 11.7 Å². The summed E-state index contributed by atoms with van der Waals surface area (Å²) in [7, 11) is 1.89. The van der Waals surface area contributed by atoms with Crippen molar-refractivity contribution < 1.29 is 0 Å². The quantitative estimate of drug-likeness (QED) is 0.673. The normalized spacial score (nSPS) is 12.7. The van der Waals surface area contributed by atoms with Crippen LogP contribution in [0.15, 0.2) is 34.9 Å². The van der Waals surface area contributed by atoms with Gasteiger partial charge in [-0.3, -0.25) is 10.5 Å². The second kappa shape index (κ2) is 5.00. The summed E-state index contributed by atoms with van der Waals surface area (Å²) in [5.41, 5.74) is 6.00. The lowest BCUT2D eigenvalue weighted by atomic mass is 10.0. The van der Waals surface area contributed by atoms with E-state index in [1.165, 1.54) is 5.56 Å². The van der Waals surface area contributed by atoms with Crippen LogP contribution < -0.4 is 11.3 Å². The Bertz CT molecular complexity index is 521. The lowest BCUT2D eigenvalue weighted by molar-refractivity contribution is 0.601. The summed E-state index contributed by atoms with van der Waals surface area (Å²) in [6, 6.07) is 8.03. The van der Waals surface area contributed by atoms with Crippen LogP contribution in [0.5, 0.6) is 0 Å². The topological polar surface area (TPSA) is 55.9 Å². The number of aryl methyl sites for hydroxylation is 2. The van der Waals surface area contributed by atoms with Crippen LogP contribution in [0.4, 0.5) is 0 Å². The number of hydrogen-bond donors (Lipinski definition) is 2. The van der Waals surface area contributed by atoms with Gasteiger partial charge in [0, 0.05) is 17.7 Å². The minimum absolute atomic E-state index is 0.106. The molecule has 0 radical (unpaired) electrons. The Morgan fingerprint density at radius 3 is 2.76 bits per heavy atom. The van der Waals surface area contributed by atoms with Crippen LogP contribution >= 0.6 is 15.9 Å². The molecule has 5 heteroatoms. The van der Waals surface area contributed by atoms with Crippen molar-refractivity contribution in [3.63, 3.8) is 0 Å². The molecule has 1 aromatic carbocycles. The molecule has 2 rings (SSSR count). The van der Waals surface area contributed by atoms with Crippen LogP contribution in [0, 0.1) is 6.92 Å². The number of hydrogen-bond acceptors (Lipinski definition) is 3. The molecule has 0 bridgehead atoms. The van der Waals surface area contributed by atoms with Crippen LogP contribution in [-0.2, 0) is 7.05 Å². The molecule has 0 amide bonds. The van der Waals surface area contributed by atoms with Gasteiger partial charge in [-0.05, 0) is 24.6 Å². The van der Waals surface area contributed by atoms with Crippen molar-refractivity contribution in [1.29, 1.82) is 0 Å². The first-order chi connectivity index (χ1) is 8.11. The maximum atomic E-state index is 5.64. The van der Waals surface area contributed by atoms with Gasteiger partial charge in [0.25, 0.3) is 0 Å². The lowest BCUT2D eigenvalue weighted by Crippen LogP contribution is -2.29. The highest BCUT2D eigenvalue weighted by molar-refractivity contribution is 9.10. The fourth-order valence-electron chi connectivity index (χ4n) is 1.81. The van der Waals surface area contributed by atoms with Gasteiger partial charge in [-0.1, -0.05) is 33.6 Å². The number of nitrogens with two attached hydrogens (primary N) is 1. The van der Waals surface area contributed by atoms with E-state index in [2.05, 4.69) is 45.5 Å². The fraction of sp³-hybridized carbons (Fsp3) is 0.250. The van der Waals surface area contributed by atoms with Crippen molar-refractivity contribution in [2.24, 2.45) is 12.9 Å². The van der Waals surface area contributed by atoms with Crippen molar-refractivity contribution in [3.05, 3.63) is 51.8 Å². The van der Waals surface area contributed by atoms with Gasteiger partial charge < -0.3 is 0 Å². The van der Waals surface area contributed by atoms with Gasteiger partial charge in [-0.15, -0.1) is 0 Å². The van der Waals surface area contributed by atoms with E-state index in [4.69, 9.17) is 5.84 Å². The van der Waals surface area contributed by atoms with Gasteiger partial charge in [0.1, 0.15) is 0 Å². The molecule has 1 aromatic heterocycles. The molecule has 0 fully saturated rings. The van der Waals surface area contributed by atoms with Crippen LogP contribution in [0.1, 0.15) is 22.9 Å². The summed E-state index contributed by atoms with van der Waals surface area (Å²) < 4.78 is 2.79. The first kappa shape index (κ1) is 12.3. The van der Waals surface area contributed by atoms with Gasteiger partial charge >= 0.3 is 0 Å². The Kier molecular flexibility index (Phi) is 3.61. The summed E-state index contributed by atoms with van der Waals surface area (Å²) in [6.45, 7) is 2.06. The maximum absolute atomic E-state index is 5.64. The minimum Gasteiger partial charge on any atom is -0.275 e. The van der Waals surface area contributed by atoms with Crippen molar-refractivity contribution in [2.75, 3.05) is 0 Å². The average Bonchev–Trinajstić information content (AvgIpc) is 2.71. The highest BCUT2D eigenvalue weighted by atomic mass is 79.9. The Balaban J connectivity index is 2.45. The van der Waals surface area contributed by atoms with Crippen molar-refractivity contribution in [1.82, 2.24) is 15.2 Å². The number of aromatic nitrogens is 2. The first-order valence-electron chi connectivity index (χ1n) is 5.33. The molecular weight excluding hydrogens is 280 g/mol. The zero-order valence-corrected chi connectivity index (χ0v) is 11.4. The van der Waals surface area contributed by atoms with E-state index in [0.29, 0.717) is 0 Å². The fourth-order valence-corrected chi connectivity index (χ4v) is 2.28. The number of rotatable bonds is 3. The third kappa shape index (κ3) is 2.57. The standard InChI is InChI=1S/C12H15BrN4/c1-8-3-4-10(13)9(7-8)12(15-14)11-5-6-17(2)16-11/h3-7,12,15H,14H2,1-2H3. The Morgan fingerprint density at radius 1 is 1.41 bits per heavy atom. The Labute approximate surface area is 109 Å². The molecule has 1 unspecified atom stereocenters. The molecular formula is C12H15BrN4. The predicted octanol–water partition coefficient (Wildman–Crippen LogP) is 2.04. The monoisotopic (exact) mass is 294 g/mol. The van der Waals surface area contributed by atoms with E-state index in [-0.39, 0.29) is 6.04 Å². The van der Waals surface area contributed by atoms with Gasteiger partial charge in [-0.25, -0.2) is 5.43 Å². The highest BCUT2D eigenvalue weighted by Gasteiger charge is 2.17. The SMILES string of the molecule is Cc1ccc(Br)c(C(NN)c2ccn(C)n2)c1. The largest absolute Gasteiger partial charge is 0.275 e. The van der Waals surface area contributed by atoms with E-state index in [0.717, 1.165) is 15.7 Å².